The minimum absolute atomic E-state index is 0.0669. The van der Waals surface area contributed by atoms with Crippen molar-refractivity contribution >= 4 is 11.8 Å². The van der Waals surface area contributed by atoms with Crippen molar-refractivity contribution in [1.29, 1.82) is 0 Å². The number of hydrogen-bond acceptors (Lipinski definition) is 11. The molecule has 0 spiro atoms. The van der Waals surface area contributed by atoms with Gasteiger partial charge in [0.15, 0.2) is 0 Å². The van der Waals surface area contributed by atoms with Crippen molar-refractivity contribution in [3.05, 3.63) is 114 Å². The molecule has 2 aliphatic carbocycles. The van der Waals surface area contributed by atoms with E-state index in [9.17, 15) is 15.0 Å². The Balaban J connectivity index is 1.47. The van der Waals surface area contributed by atoms with Gasteiger partial charge in [-0.1, -0.05) is 73.5 Å². The van der Waals surface area contributed by atoms with E-state index in [0.717, 1.165) is 59.5 Å². The lowest BCUT2D eigenvalue weighted by Crippen LogP contribution is -2.70. The van der Waals surface area contributed by atoms with Gasteiger partial charge in [0.2, 0.25) is 5.79 Å². The van der Waals surface area contributed by atoms with Crippen LogP contribution in [0.2, 0.25) is 0 Å². The second-order valence-electron chi connectivity index (χ2n) is 17.9. The number of allylic oxidation sites excluding steroid dienone is 1. The van der Waals surface area contributed by atoms with Gasteiger partial charge in [-0.15, -0.1) is 6.58 Å². The fourth-order valence-corrected chi connectivity index (χ4v) is 9.42. The number of amides is 1. The zero-order valence-electron chi connectivity index (χ0n) is 38.0. The van der Waals surface area contributed by atoms with Gasteiger partial charge in [0.25, 0.3) is 0 Å². The number of nitrogens with zero attached hydrogens (tertiary/aromatic N) is 3. The van der Waals surface area contributed by atoms with Crippen molar-refractivity contribution in [3.63, 3.8) is 0 Å². The van der Waals surface area contributed by atoms with E-state index in [1.807, 2.05) is 95.3 Å². The summed E-state index contributed by atoms with van der Waals surface area (Å²) < 4.78 is 32.8. The lowest BCUT2D eigenvalue weighted by molar-refractivity contribution is -0.255. The normalized spacial score (nSPS) is 23.2. The summed E-state index contributed by atoms with van der Waals surface area (Å²) in [6.07, 6.45) is 9.19. The number of pyridine rings is 1. The van der Waals surface area contributed by atoms with Gasteiger partial charge in [0, 0.05) is 43.4 Å². The predicted molar refractivity (Wildman–Crippen MR) is 244 cm³/mol. The number of carbonyl (C=O) groups is 1. The van der Waals surface area contributed by atoms with E-state index < -0.39 is 29.4 Å². The van der Waals surface area contributed by atoms with Crippen LogP contribution in [0.1, 0.15) is 107 Å². The second-order valence-corrected chi connectivity index (χ2v) is 17.9. The minimum Gasteiger partial charge on any atom is -0.487 e. The highest BCUT2D eigenvalue weighted by molar-refractivity contribution is 6.03. The first-order chi connectivity index (χ1) is 30.5. The van der Waals surface area contributed by atoms with E-state index in [1.165, 1.54) is 0 Å². The standard InChI is InChI=1S/C51H69N3O9/c1-7-25-54(49(57)59-30-29-58-34-37-18-10-9-11-19-37)46-33-44(53-63-50(4,5)6)42-31-38(20-12-14-26-55)41(22-13-15-27-56)47-43-32-40(60-35-39-21-16-17-36(3)52-39)23-24-45(43)62-51(46,48(42)47)61-28-8-2/h8-11,16-19,21,23-24,31-32,38,41,46-48,55-56H,2,7,12-15,20,22,25-30,33-35H2,1,3-6H3/t38-,41+,46-,47+,48+,51+/m0/s1. The smallest absolute Gasteiger partial charge is 0.410 e. The topological polar surface area (TPSA) is 141 Å². The van der Waals surface area contributed by atoms with Gasteiger partial charge in [-0.05, 0) is 113 Å². The van der Waals surface area contributed by atoms with Crippen molar-refractivity contribution in [3.8, 4) is 11.5 Å². The molecule has 12 heteroatoms. The van der Waals surface area contributed by atoms with E-state index >= 15 is 0 Å². The van der Waals surface area contributed by atoms with Crippen LogP contribution in [0.15, 0.2) is 96.2 Å². The van der Waals surface area contributed by atoms with Gasteiger partial charge in [0.05, 0.1) is 37.1 Å². The average molecular weight is 868 g/mol. The highest BCUT2D eigenvalue weighted by atomic mass is 16.7. The molecule has 0 bridgehead atoms. The lowest BCUT2D eigenvalue weighted by Gasteiger charge is -2.60. The van der Waals surface area contributed by atoms with Crippen molar-refractivity contribution in [1.82, 2.24) is 9.88 Å². The van der Waals surface area contributed by atoms with Crippen LogP contribution in [0.5, 0.6) is 11.5 Å². The molecule has 0 radical (unpaired) electrons. The molecule has 0 unspecified atom stereocenters. The number of aliphatic hydroxyl groups is 2. The lowest BCUT2D eigenvalue weighted by atomic mass is 9.55. The molecular weight excluding hydrogens is 799 g/mol. The summed E-state index contributed by atoms with van der Waals surface area (Å²) in [5, 5.41) is 24.8. The van der Waals surface area contributed by atoms with Crippen molar-refractivity contribution in [2.24, 2.45) is 22.9 Å². The first kappa shape index (κ1) is 47.7. The van der Waals surface area contributed by atoms with Crippen LogP contribution in [0.3, 0.4) is 0 Å². The number of benzene rings is 2. The summed E-state index contributed by atoms with van der Waals surface area (Å²) in [5.74, 6) is -0.525. The zero-order chi connectivity index (χ0) is 44.8. The second kappa shape index (κ2) is 22.7. The number of fused-ring (bicyclic) bond motifs is 2. The summed E-state index contributed by atoms with van der Waals surface area (Å²) in [6, 6.07) is 21.1. The Morgan fingerprint density at radius 3 is 2.49 bits per heavy atom. The molecule has 2 heterocycles. The first-order valence-corrected chi connectivity index (χ1v) is 22.9. The minimum atomic E-state index is -1.39. The Bertz CT molecular complexity index is 2000. The monoisotopic (exact) mass is 868 g/mol. The fraction of sp³-hybridized carbons (Fsp3) is 0.549. The Hall–Kier alpha value is -4.75. The number of aromatic nitrogens is 1. The molecule has 1 fully saturated rings. The van der Waals surface area contributed by atoms with Gasteiger partial charge < -0.3 is 38.7 Å². The first-order valence-electron chi connectivity index (χ1n) is 22.9. The Labute approximate surface area is 374 Å². The van der Waals surface area contributed by atoms with E-state index in [0.29, 0.717) is 50.5 Å². The number of aryl methyl sites for hydroxylation is 1. The maximum atomic E-state index is 14.5. The third kappa shape index (κ3) is 12.1. The SMILES string of the molecule is C=CCO[C@@]12Oc3ccc(OCc4cccc(C)n4)cc3[C@H]3[C@H](CCCCO)[C@@H](CCCCO)C=C(C(=NOC(C)(C)C)C[C@@H]1N(CCC)C(=O)OCCOCc1ccccc1)[C@H]32. The highest BCUT2D eigenvalue weighted by Gasteiger charge is 2.65. The molecule has 12 nitrogen and oxygen atoms in total. The maximum absolute atomic E-state index is 14.5. The van der Waals surface area contributed by atoms with Gasteiger partial charge in [-0.25, -0.2) is 4.79 Å². The van der Waals surface area contributed by atoms with Crippen molar-refractivity contribution < 1.29 is 43.5 Å². The van der Waals surface area contributed by atoms with Crippen molar-refractivity contribution in [2.75, 3.05) is 39.6 Å². The van der Waals surface area contributed by atoms with E-state index in [4.69, 9.17) is 33.7 Å². The number of ether oxygens (including phenoxy) is 5. The summed E-state index contributed by atoms with van der Waals surface area (Å²) in [4.78, 5) is 27.2. The molecule has 2 N–H and O–H groups in total. The molecule has 63 heavy (non-hydrogen) atoms. The number of aliphatic hydroxyl groups excluding tert-OH is 2. The van der Waals surface area contributed by atoms with Crippen LogP contribution in [0.4, 0.5) is 4.79 Å². The Kier molecular flexibility index (Phi) is 17.2. The van der Waals surface area contributed by atoms with Crippen LogP contribution in [-0.4, -0.2) is 88.9 Å². The van der Waals surface area contributed by atoms with Crippen LogP contribution < -0.4 is 9.47 Å². The number of unbranched alkanes of at least 4 members (excludes halogenated alkanes) is 2. The van der Waals surface area contributed by atoms with Crippen molar-refractivity contribution in [2.45, 2.75) is 123 Å². The van der Waals surface area contributed by atoms with E-state index in [2.05, 4.69) is 23.7 Å². The third-order valence-corrected chi connectivity index (χ3v) is 12.0. The van der Waals surface area contributed by atoms with Gasteiger partial charge >= 0.3 is 6.09 Å². The summed E-state index contributed by atoms with van der Waals surface area (Å²) >= 11 is 0. The largest absolute Gasteiger partial charge is 0.487 e. The molecule has 6 rings (SSSR count). The van der Waals surface area contributed by atoms with Crippen LogP contribution in [-0.2, 0) is 32.3 Å². The van der Waals surface area contributed by atoms with Gasteiger partial charge in [-0.2, -0.15) is 0 Å². The van der Waals surface area contributed by atoms with E-state index in [1.54, 1.807) is 11.0 Å². The molecule has 342 valence electrons. The molecule has 1 aromatic heterocycles. The van der Waals surface area contributed by atoms with Crippen LogP contribution in [0, 0.1) is 24.7 Å². The quantitative estimate of drug-likeness (QED) is 0.0538. The maximum Gasteiger partial charge on any atom is 0.410 e. The van der Waals surface area contributed by atoms with E-state index in [-0.39, 0.29) is 57.2 Å². The summed E-state index contributed by atoms with van der Waals surface area (Å²) in [7, 11) is 0. The molecule has 6 atom stereocenters. The molecular formula is C51H69N3O9. The number of oxime groups is 1. The molecule has 1 amide bonds. The molecule has 1 saturated carbocycles. The third-order valence-electron chi connectivity index (χ3n) is 12.0. The Morgan fingerprint density at radius 1 is 1.00 bits per heavy atom. The summed E-state index contributed by atoms with van der Waals surface area (Å²) in [5.41, 5.74) is 4.88. The van der Waals surface area contributed by atoms with Crippen LogP contribution >= 0.6 is 0 Å². The molecule has 2 aromatic carbocycles. The molecule has 3 aliphatic rings. The average Bonchev–Trinajstić information content (AvgIpc) is 3.27. The molecule has 0 saturated heterocycles. The zero-order valence-corrected chi connectivity index (χ0v) is 38.0. The molecule has 3 aromatic rings. The number of hydrogen-bond donors (Lipinski definition) is 2. The molecule has 1 aliphatic heterocycles. The van der Waals surface area contributed by atoms with Gasteiger partial charge in [-0.3, -0.25) is 9.88 Å². The Morgan fingerprint density at radius 2 is 1.78 bits per heavy atom. The predicted octanol–water partition coefficient (Wildman–Crippen LogP) is 9.47. The highest BCUT2D eigenvalue weighted by Crippen LogP contribution is 2.62. The van der Waals surface area contributed by atoms with Gasteiger partial charge in [0.1, 0.15) is 36.4 Å². The summed E-state index contributed by atoms with van der Waals surface area (Å²) in [6.45, 7) is 15.7. The fourth-order valence-electron chi connectivity index (χ4n) is 9.42. The van der Waals surface area contributed by atoms with Crippen LogP contribution in [0.25, 0.3) is 0 Å². The number of carbonyl (C=O) groups excluding carboxylic acids is 1. The number of rotatable bonds is 23.